The van der Waals surface area contributed by atoms with Crippen LogP contribution < -0.4 is 4.74 Å². The highest BCUT2D eigenvalue weighted by Gasteiger charge is 2.17. The molecule has 1 heterocycles. The molecule has 2 aromatic rings. The van der Waals surface area contributed by atoms with Crippen molar-refractivity contribution in [1.82, 2.24) is 9.78 Å². The van der Waals surface area contributed by atoms with Crippen molar-refractivity contribution in [1.29, 1.82) is 0 Å². The average molecular weight is 311 g/mol. The lowest BCUT2D eigenvalue weighted by atomic mass is 10.3. The molecule has 0 aliphatic carbocycles. The van der Waals surface area contributed by atoms with Crippen LogP contribution in [-0.2, 0) is 4.79 Å². The van der Waals surface area contributed by atoms with E-state index in [0.717, 1.165) is 5.69 Å². The number of halogens is 1. The third kappa shape index (κ3) is 2.70. The predicted molar refractivity (Wildman–Crippen MR) is 69.0 cm³/mol. The van der Waals surface area contributed by atoms with Crippen LogP contribution in [0.15, 0.2) is 41.0 Å². The van der Waals surface area contributed by atoms with Crippen molar-refractivity contribution in [2.75, 3.05) is 0 Å². The summed E-state index contributed by atoms with van der Waals surface area (Å²) in [6.45, 7) is 1.45. The molecule has 18 heavy (non-hydrogen) atoms. The number of carbonyl (C=O) groups is 1. The molecular formula is C12H11BrN2O3. The molecule has 94 valence electrons. The van der Waals surface area contributed by atoms with E-state index in [-0.39, 0.29) is 5.88 Å². The molecule has 2 rings (SSSR count). The maximum atomic E-state index is 10.7. The molecule has 1 N–H and O–H groups in total. The number of hydrogen-bond acceptors (Lipinski definition) is 3. The summed E-state index contributed by atoms with van der Waals surface area (Å²) >= 11 is 3.29. The Morgan fingerprint density at radius 1 is 1.44 bits per heavy atom. The Hall–Kier alpha value is -1.82. The molecule has 1 unspecified atom stereocenters. The fourth-order valence-corrected chi connectivity index (χ4v) is 1.71. The van der Waals surface area contributed by atoms with Crippen molar-refractivity contribution in [3.63, 3.8) is 0 Å². The number of nitrogens with zero attached hydrogens (tertiary/aromatic N) is 2. The standard InChI is InChI=1S/C12H11BrN2O3/c1-8(12(16)17)18-11-10(13)7-15(14-11)9-5-3-2-4-6-9/h2-8H,1H3,(H,16,17). The first-order valence-electron chi connectivity index (χ1n) is 5.28. The van der Waals surface area contributed by atoms with Gasteiger partial charge < -0.3 is 9.84 Å². The normalized spacial score (nSPS) is 12.1. The molecule has 0 bridgehead atoms. The van der Waals surface area contributed by atoms with Crippen LogP contribution >= 0.6 is 15.9 Å². The summed E-state index contributed by atoms with van der Waals surface area (Å²) in [6.07, 6.45) is 0.777. The van der Waals surface area contributed by atoms with Gasteiger partial charge in [-0.15, -0.1) is 5.10 Å². The van der Waals surface area contributed by atoms with Crippen LogP contribution in [0.4, 0.5) is 0 Å². The minimum Gasteiger partial charge on any atom is -0.479 e. The summed E-state index contributed by atoms with van der Waals surface area (Å²) < 4.78 is 7.46. The van der Waals surface area contributed by atoms with Crippen LogP contribution in [-0.4, -0.2) is 27.0 Å². The number of ether oxygens (including phenoxy) is 1. The summed E-state index contributed by atoms with van der Waals surface area (Å²) in [5, 5.41) is 13.0. The Kier molecular flexibility index (Phi) is 3.66. The summed E-state index contributed by atoms with van der Waals surface area (Å²) in [5.74, 6) is -0.773. The van der Waals surface area contributed by atoms with E-state index in [1.54, 1.807) is 10.9 Å². The van der Waals surface area contributed by atoms with Gasteiger partial charge in [-0.2, -0.15) is 0 Å². The topological polar surface area (TPSA) is 64.4 Å². The highest BCUT2D eigenvalue weighted by molar-refractivity contribution is 9.10. The van der Waals surface area contributed by atoms with Crippen molar-refractivity contribution in [3.8, 4) is 11.6 Å². The zero-order valence-corrected chi connectivity index (χ0v) is 11.2. The van der Waals surface area contributed by atoms with Crippen LogP contribution in [0.1, 0.15) is 6.92 Å². The summed E-state index contributed by atoms with van der Waals surface area (Å²) in [5.41, 5.74) is 0.871. The fraction of sp³-hybridized carbons (Fsp3) is 0.167. The number of carboxylic acid groups (broad SMARTS) is 1. The van der Waals surface area contributed by atoms with E-state index >= 15 is 0 Å². The molecule has 0 fully saturated rings. The number of hydrogen-bond donors (Lipinski definition) is 1. The minimum absolute atomic E-state index is 0.258. The molecule has 1 aromatic heterocycles. The van der Waals surface area contributed by atoms with E-state index in [1.807, 2.05) is 30.3 Å². The molecule has 1 aromatic carbocycles. The zero-order chi connectivity index (χ0) is 13.1. The van der Waals surface area contributed by atoms with Crippen molar-refractivity contribution < 1.29 is 14.6 Å². The Morgan fingerprint density at radius 3 is 2.72 bits per heavy atom. The number of aromatic nitrogens is 2. The second kappa shape index (κ2) is 5.22. The molecule has 5 nitrogen and oxygen atoms in total. The molecule has 0 aliphatic rings. The summed E-state index contributed by atoms with van der Waals surface area (Å²) in [6, 6.07) is 9.48. The molecule has 0 amide bonds. The number of carboxylic acids is 1. The van der Waals surface area contributed by atoms with Crippen LogP contribution in [0.2, 0.25) is 0 Å². The third-order valence-electron chi connectivity index (χ3n) is 2.30. The minimum atomic E-state index is -1.03. The van der Waals surface area contributed by atoms with Gasteiger partial charge in [0.2, 0.25) is 5.88 Å². The Bertz CT molecular complexity index is 554. The van der Waals surface area contributed by atoms with Crippen molar-refractivity contribution in [2.24, 2.45) is 0 Å². The lowest BCUT2D eigenvalue weighted by molar-refractivity contribution is -0.144. The smallest absolute Gasteiger partial charge is 0.344 e. The Morgan fingerprint density at radius 2 is 2.11 bits per heavy atom. The molecule has 1 atom stereocenters. The fourth-order valence-electron chi connectivity index (χ4n) is 1.35. The predicted octanol–water partition coefficient (Wildman–Crippen LogP) is 2.49. The lowest BCUT2D eigenvalue weighted by Crippen LogP contribution is -2.23. The maximum Gasteiger partial charge on any atom is 0.344 e. The molecular weight excluding hydrogens is 300 g/mol. The van der Waals surface area contributed by atoms with Gasteiger partial charge in [0.1, 0.15) is 0 Å². The lowest BCUT2D eigenvalue weighted by Gasteiger charge is -2.07. The second-order valence-corrected chi connectivity index (χ2v) is 4.51. The zero-order valence-electron chi connectivity index (χ0n) is 9.58. The highest BCUT2D eigenvalue weighted by atomic mass is 79.9. The van der Waals surface area contributed by atoms with E-state index < -0.39 is 12.1 Å². The van der Waals surface area contributed by atoms with Crippen LogP contribution in [0.3, 0.4) is 0 Å². The van der Waals surface area contributed by atoms with Gasteiger partial charge in [-0.25, -0.2) is 9.48 Å². The third-order valence-corrected chi connectivity index (χ3v) is 2.84. The Labute approximate surface area is 112 Å². The van der Waals surface area contributed by atoms with E-state index in [4.69, 9.17) is 9.84 Å². The van der Waals surface area contributed by atoms with Crippen molar-refractivity contribution in [3.05, 3.63) is 41.0 Å². The Balaban J connectivity index is 2.25. The van der Waals surface area contributed by atoms with Gasteiger partial charge >= 0.3 is 5.97 Å². The van der Waals surface area contributed by atoms with Crippen molar-refractivity contribution in [2.45, 2.75) is 13.0 Å². The molecule has 0 aliphatic heterocycles. The van der Waals surface area contributed by atoms with E-state index in [0.29, 0.717) is 4.47 Å². The van der Waals surface area contributed by atoms with E-state index in [2.05, 4.69) is 21.0 Å². The van der Waals surface area contributed by atoms with Gasteiger partial charge in [0.15, 0.2) is 6.10 Å². The largest absolute Gasteiger partial charge is 0.479 e. The number of rotatable bonds is 4. The van der Waals surface area contributed by atoms with Gasteiger partial charge in [-0.05, 0) is 35.0 Å². The first kappa shape index (κ1) is 12.6. The van der Waals surface area contributed by atoms with Crippen LogP contribution in [0.5, 0.6) is 5.88 Å². The number of benzene rings is 1. The monoisotopic (exact) mass is 310 g/mol. The molecule has 0 radical (unpaired) electrons. The molecule has 6 heteroatoms. The maximum absolute atomic E-state index is 10.7. The average Bonchev–Trinajstić information content (AvgIpc) is 2.72. The first-order chi connectivity index (χ1) is 8.58. The summed E-state index contributed by atoms with van der Waals surface area (Å²) in [7, 11) is 0. The van der Waals surface area contributed by atoms with Crippen LogP contribution in [0, 0.1) is 0 Å². The number of aliphatic carboxylic acids is 1. The van der Waals surface area contributed by atoms with E-state index in [9.17, 15) is 4.79 Å². The van der Waals surface area contributed by atoms with Crippen molar-refractivity contribution >= 4 is 21.9 Å². The number of para-hydroxylation sites is 1. The van der Waals surface area contributed by atoms with Gasteiger partial charge in [0.05, 0.1) is 10.2 Å². The first-order valence-corrected chi connectivity index (χ1v) is 6.07. The van der Waals surface area contributed by atoms with Gasteiger partial charge in [-0.1, -0.05) is 18.2 Å². The molecule has 0 saturated heterocycles. The molecule has 0 saturated carbocycles. The summed E-state index contributed by atoms with van der Waals surface area (Å²) in [4.78, 5) is 10.7. The van der Waals surface area contributed by atoms with Gasteiger partial charge in [-0.3, -0.25) is 0 Å². The second-order valence-electron chi connectivity index (χ2n) is 3.66. The quantitative estimate of drug-likeness (QED) is 0.942. The van der Waals surface area contributed by atoms with E-state index in [1.165, 1.54) is 6.92 Å². The van der Waals surface area contributed by atoms with Gasteiger partial charge in [0, 0.05) is 6.20 Å². The molecule has 0 spiro atoms. The van der Waals surface area contributed by atoms with Gasteiger partial charge in [0.25, 0.3) is 0 Å². The highest BCUT2D eigenvalue weighted by Crippen LogP contribution is 2.25. The SMILES string of the molecule is CC(Oc1nn(-c2ccccc2)cc1Br)C(=O)O. The van der Waals surface area contributed by atoms with Crippen LogP contribution in [0.25, 0.3) is 5.69 Å².